The van der Waals surface area contributed by atoms with Gasteiger partial charge in [-0.1, -0.05) is 194 Å². The Balaban J connectivity index is 0.000000214. The second-order valence-electron chi connectivity index (χ2n) is 25.8. The van der Waals surface area contributed by atoms with Crippen LogP contribution < -0.4 is 52.5 Å². The van der Waals surface area contributed by atoms with Gasteiger partial charge in [-0.05, 0) is 105 Å². The zero-order valence-corrected chi connectivity index (χ0v) is 65.6. The van der Waals surface area contributed by atoms with Gasteiger partial charge in [-0.25, -0.2) is 9.59 Å². The Labute approximate surface area is 678 Å². The van der Waals surface area contributed by atoms with E-state index in [1.54, 1.807) is 28.4 Å². The lowest BCUT2D eigenvalue weighted by atomic mass is 9.80. The number of halogens is 2. The molecule has 28 heteroatoms. The number of nitrogens with one attached hydrogen (secondary N) is 3. The van der Waals surface area contributed by atoms with Crippen molar-refractivity contribution < 1.29 is 72.5 Å². The summed E-state index contributed by atoms with van der Waals surface area (Å²) in [5.74, 6) is 12.3. The Morgan fingerprint density at radius 2 is 0.825 bits per heavy atom. The zero-order valence-electron chi connectivity index (χ0n) is 62.6. The molecule has 0 aliphatic carbocycles. The summed E-state index contributed by atoms with van der Waals surface area (Å²) in [6, 6.07) is 68.6. The third-order valence-corrected chi connectivity index (χ3v) is 18.7. The van der Waals surface area contributed by atoms with Crippen LogP contribution in [0.1, 0.15) is 93.8 Å². The summed E-state index contributed by atoms with van der Waals surface area (Å²) in [6.45, 7) is -0.0172. The minimum absolute atomic E-state index is 0. The number of hydrogen-bond donors (Lipinski definition) is 7. The number of amides is 3. The van der Waals surface area contributed by atoms with Gasteiger partial charge in [0, 0.05) is 44.5 Å². The predicted octanol–water partition coefficient (Wildman–Crippen LogP) is 8.58. The number of imide groups is 1. The van der Waals surface area contributed by atoms with E-state index in [0.717, 1.165) is 44.5 Å². The number of carbonyl (C=O) groups is 4. The molecule has 5 heterocycles. The van der Waals surface area contributed by atoms with Gasteiger partial charge in [-0.3, -0.25) is 53.1 Å². The lowest BCUT2D eigenvalue weighted by molar-refractivity contribution is -0.171. The Bertz CT molecular complexity index is 5120. The fourth-order valence-corrected chi connectivity index (χ4v) is 13.0. The Hall–Kier alpha value is -11.6. The Kier molecular flexibility index (Phi) is 31.7. The standard InChI is InChI=1S/C41H39N3O8.C33H33N3O7.C8H7ClO.C4H5NO3.HI/c1-49-33-19-15-31(16-20-33)41(30-13-7-4-8-14-30,32-17-21-34(50-2)22-18-32)51-27-36-35(45)25-38(52-36)44-26-29(39(47)43-40(44)48)12-9-23-42-37(46)24-28-10-5-3-6-11-28;1-40-26-14-10-24(11-15-26)33(23-8-4-3-5-9-23,25-12-16-27(41-2)17-13-25)42-21-29-28(37)19-30(43-29)36-20-22(7-6-18-34)31(38)35-32(36)39;9-8(10)6-7-4-2-1-3-5-7;6-3-1-2-4(7)5(3)8;/h3-8,10-11,13-22,26,35-36,38,45H,23-25,27H2,1-2H3,(H,42,46)(H,43,47,48);3-5,8-17,20,28-30,37H,18-19,21,34H2,1-2H3,(H,35,38,39);1-5H,6H2;8H,1-2H2;1H/t35-,36-,38-;28-,29-,30-;;;/m11.../s1. The molecule has 3 aliphatic rings. The molecular weight excluding hydrogens is 1600 g/mol. The van der Waals surface area contributed by atoms with Crippen molar-refractivity contribution in [3.8, 4) is 46.7 Å². The molecule has 114 heavy (non-hydrogen) atoms. The first-order chi connectivity index (χ1) is 54.7. The molecule has 3 amide bonds. The summed E-state index contributed by atoms with van der Waals surface area (Å²) in [6.07, 6.45) is -1.72. The first-order valence-corrected chi connectivity index (χ1v) is 36.2. The average Bonchev–Trinajstić information content (AvgIpc) is 0.769. The van der Waals surface area contributed by atoms with Gasteiger partial charge in [0.1, 0.15) is 70.0 Å². The third kappa shape index (κ3) is 22.0. The smallest absolute Gasteiger partial charge is 0.330 e. The van der Waals surface area contributed by atoms with E-state index in [1.807, 2.05) is 218 Å². The van der Waals surface area contributed by atoms with E-state index in [2.05, 4.69) is 39.0 Å². The van der Waals surface area contributed by atoms with Gasteiger partial charge in [0.15, 0.2) is 0 Å². The lowest BCUT2D eigenvalue weighted by Crippen LogP contribution is -2.38. The van der Waals surface area contributed by atoms with Crippen molar-refractivity contribution >= 4 is 58.5 Å². The highest BCUT2D eigenvalue weighted by molar-refractivity contribution is 14.0. The molecule has 6 atom stereocenters. The summed E-state index contributed by atoms with van der Waals surface area (Å²) in [4.78, 5) is 98.1. The number of nitrogens with two attached hydrogens (primary N) is 1. The number of H-pyrrole nitrogens is 2. The van der Waals surface area contributed by atoms with Crippen LogP contribution in [0.5, 0.6) is 23.0 Å². The molecule has 2 aromatic heterocycles. The Morgan fingerprint density at radius 1 is 0.500 bits per heavy atom. The number of carbonyl (C=O) groups excluding carboxylic acids is 4. The number of hydrogen-bond acceptors (Lipinski definition) is 20. The van der Waals surface area contributed by atoms with Crippen molar-refractivity contribution in [3.05, 3.63) is 328 Å². The van der Waals surface area contributed by atoms with Crippen LogP contribution in [-0.2, 0) is 62.2 Å². The SMILES string of the molecule is COc1ccc(C(OC[C@H]2O[C@@H](n3cc(C#CCN)c(=O)[nH]c3=O)C[C@H]2O)(c2ccccc2)c2ccc(OC)cc2)cc1.COc1ccc(C(OC[C@H]2O[C@@H](n3cc(C#CCNC(=O)Cc4ccccc4)c(=O)[nH]c3=O)C[C@H]2O)(c2ccccc2)c2ccc(OC)cc2)cc1.I.O=C(Cl)Cc1ccccc1.O=C1CCC(=O)N1O. The van der Waals surface area contributed by atoms with E-state index in [0.29, 0.717) is 29.4 Å². The van der Waals surface area contributed by atoms with Crippen LogP contribution in [0.3, 0.4) is 0 Å². The first-order valence-electron chi connectivity index (χ1n) is 35.8. The molecule has 0 radical (unpaired) electrons. The number of rotatable bonds is 23. The van der Waals surface area contributed by atoms with Gasteiger partial charge < -0.3 is 59.2 Å². The van der Waals surface area contributed by atoms with Crippen LogP contribution in [0.15, 0.2) is 250 Å². The summed E-state index contributed by atoms with van der Waals surface area (Å²) in [5, 5.41) is 33.2. The molecule has 26 nitrogen and oxygen atoms in total. The lowest BCUT2D eigenvalue weighted by Gasteiger charge is -2.37. The highest BCUT2D eigenvalue weighted by Gasteiger charge is 2.44. The van der Waals surface area contributed by atoms with E-state index in [-0.39, 0.29) is 110 Å². The van der Waals surface area contributed by atoms with Gasteiger partial charge in [0.25, 0.3) is 22.9 Å². The van der Waals surface area contributed by atoms with Crippen molar-refractivity contribution in [1.82, 2.24) is 29.5 Å². The van der Waals surface area contributed by atoms with E-state index >= 15 is 0 Å². The highest BCUT2D eigenvalue weighted by atomic mass is 127. The van der Waals surface area contributed by atoms with Gasteiger partial charge >= 0.3 is 11.4 Å². The molecule has 8 N–H and O–H groups in total. The van der Waals surface area contributed by atoms with Crippen LogP contribution in [0.4, 0.5) is 0 Å². The van der Waals surface area contributed by atoms with Gasteiger partial charge in [-0.15, -0.1) is 24.0 Å². The molecule has 13 rings (SSSR count). The number of aromatic amines is 2. The molecule has 3 saturated heterocycles. The second kappa shape index (κ2) is 41.8. The molecule has 8 aromatic carbocycles. The van der Waals surface area contributed by atoms with Crippen LogP contribution in [0.2, 0.25) is 0 Å². The molecule has 592 valence electrons. The third-order valence-electron chi connectivity index (χ3n) is 18.6. The van der Waals surface area contributed by atoms with E-state index in [4.69, 9.17) is 60.4 Å². The number of aliphatic hydroxyl groups excluding tert-OH is 2. The molecule has 0 saturated carbocycles. The topological polar surface area (TPSA) is 354 Å². The van der Waals surface area contributed by atoms with E-state index in [1.165, 1.54) is 21.5 Å². The number of aromatic nitrogens is 4. The number of hydroxylamine groups is 2. The van der Waals surface area contributed by atoms with Crippen LogP contribution in [-0.4, -0.2) is 142 Å². The maximum Gasteiger partial charge on any atom is 0.330 e. The van der Waals surface area contributed by atoms with Crippen LogP contribution in [0, 0.1) is 23.7 Å². The van der Waals surface area contributed by atoms with Crippen molar-refractivity contribution in [3.63, 3.8) is 0 Å². The summed E-state index contributed by atoms with van der Waals surface area (Å²) in [7, 11) is 6.42. The number of ether oxygens (including phenoxy) is 8. The van der Waals surface area contributed by atoms with Crippen molar-refractivity contribution in [2.24, 2.45) is 5.73 Å². The second-order valence-corrected chi connectivity index (χ2v) is 26.2. The maximum atomic E-state index is 13.0. The largest absolute Gasteiger partial charge is 0.497 e. The number of nitrogens with zero attached hydrogens (tertiary/aromatic N) is 3. The molecule has 3 aliphatic heterocycles. The van der Waals surface area contributed by atoms with Gasteiger partial charge in [0.05, 0.1) is 73.4 Å². The number of methoxy groups -OCH3 is 4. The monoisotopic (exact) mass is 1680 g/mol. The van der Waals surface area contributed by atoms with Crippen LogP contribution in [0.25, 0.3) is 0 Å². The fourth-order valence-electron chi connectivity index (χ4n) is 12.8. The molecule has 10 aromatic rings. The zero-order chi connectivity index (χ0) is 80.4. The minimum atomic E-state index is -1.14. The number of benzene rings is 8. The summed E-state index contributed by atoms with van der Waals surface area (Å²) in [5.41, 5.74) is 7.40. The molecule has 0 spiro atoms. The van der Waals surface area contributed by atoms with E-state index in [9.17, 15) is 48.6 Å². The summed E-state index contributed by atoms with van der Waals surface area (Å²) >= 11 is 5.17. The summed E-state index contributed by atoms with van der Waals surface area (Å²) < 4.78 is 50.3. The van der Waals surface area contributed by atoms with E-state index < -0.39 is 82.4 Å². The normalized spacial score (nSPS) is 16.7. The fraction of sp³-hybridized carbons (Fsp3) is 0.256. The van der Waals surface area contributed by atoms with Crippen LogP contribution >= 0.6 is 35.6 Å². The predicted molar refractivity (Wildman–Crippen MR) is 434 cm³/mol. The van der Waals surface area contributed by atoms with Crippen molar-refractivity contribution in [2.75, 3.05) is 54.7 Å². The highest BCUT2D eigenvalue weighted by Crippen LogP contribution is 2.45. The molecule has 0 bridgehead atoms. The first kappa shape index (κ1) is 86.4. The molecular formula is C86H85ClIN7O19. The molecule has 0 unspecified atom stereocenters. The molecule has 3 fully saturated rings. The van der Waals surface area contributed by atoms with Crippen molar-refractivity contribution in [1.29, 1.82) is 0 Å². The van der Waals surface area contributed by atoms with Gasteiger partial charge in [-0.2, -0.15) is 5.06 Å². The van der Waals surface area contributed by atoms with Gasteiger partial charge in [0.2, 0.25) is 11.1 Å². The Morgan fingerprint density at radius 3 is 1.14 bits per heavy atom. The number of aliphatic hydroxyl groups is 2. The minimum Gasteiger partial charge on any atom is -0.497 e. The average molecular weight is 1680 g/mol. The maximum absolute atomic E-state index is 13.0. The quantitative estimate of drug-likeness (QED) is 0.00787. The van der Waals surface area contributed by atoms with Crippen molar-refractivity contribution in [2.45, 2.75) is 86.6 Å².